The van der Waals surface area contributed by atoms with Crippen molar-refractivity contribution < 1.29 is 4.74 Å². The van der Waals surface area contributed by atoms with E-state index >= 15 is 0 Å². The Balaban J connectivity index is 1.48. The molecule has 1 N–H and O–H groups in total. The first kappa shape index (κ1) is 19.1. The summed E-state index contributed by atoms with van der Waals surface area (Å²) in [6, 6.07) is 18.6. The average Bonchev–Trinajstić information content (AvgIpc) is 3.50. The van der Waals surface area contributed by atoms with Gasteiger partial charge in [-0.1, -0.05) is 6.07 Å². The number of anilines is 1. The molecule has 0 spiro atoms. The summed E-state index contributed by atoms with van der Waals surface area (Å²) in [7, 11) is 2.07. The molecule has 2 aromatic heterocycles. The highest BCUT2D eigenvalue weighted by Gasteiger charge is 2.41. The summed E-state index contributed by atoms with van der Waals surface area (Å²) < 4.78 is 8.30. The number of nitrogens with one attached hydrogen (secondary N) is 1. The van der Waals surface area contributed by atoms with Crippen LogP contribution in [0.15, 0.2) is 67.0 Å². The molecular formula is C24H26N4OS. The van der Waals surface area contributed by atoms with Crippen molar-refractivity contribution >= 4 is 23.0 Å². The minimum atomic E-state index is -0.0262. The van der Waals surface area contributed by atoms with Crippen molar-refractivity contribution in [3.05, 3.63) is 78.4 Å². The van der Waals surface area contributed by atoms with E-state index in [2.05, 4.69) is 75.5 Å². The van der Waals surface area contributed by atoms with E-state index in [1.165, 1.54) is 18.5 Å². The number of thiocarbonyl (C=S) groups is 1. The second kappa shape index (κ2) is 8.11. The summed E-state index contributed by atoms with van der Waals surface area (Å²) in [6.45, 7) is 0. The van der Waals surface area contributed by atoms with Crippen LogP contribution >= 0.6 is 12.2 Å². The molecule has 154 valence electrons. The highest BCUT2D eigenvalue weighted by Crippen LogP contribution is 2.41. The van der Waals surface area contributed by atoms with Gasteiger partial charge in [-0.05, 0) is 86.4 Å². The first-order chi connectivity index (χ1) is 14.7. The fraction of sp³-hybridized carbons (Fsp3) is 0.333. The maximum atomic E-state index is 6.15. The van der Waals surface area contributed by atoms with E-state index in [0.29, 0.717) is 11.2 Å². The number of nitrogens with zero attached hydrogens (tertiary/aromatic N) is 3. The van der Waals surface area contributed by atoms with Crippen LogP contribution in [0.5, 0.6) is 5.75 Å². The number of hydrogen-bond acceptors (Lipinski definition) is 3. The number of ether oxygens (including phenoxy) is 1. The molecule has 6 heteroatoms. The molecular weight excluding hydrogens is 392 g/mol. The lowest BCUT2D eigenvalue weighted by Gasteiger charge is -2.28. The predicted molar refractivity (Wildman–Crippen MR) is 123 cm³/mol. The Kier molecular flexibility index (Phi) is 5.17. The van der Waals surface area contributed by atoms with Gasteiger partial charge in [0, 0.05) is 30.8 Å². The topological polar surface area (TPSA) is 42.3 Å². The summed E-state index contributed by atoms with van der Waals surface area (Å²) in [5, 5.41) is 4.22. The van der Waals surface area contributed by atoms with E-state index in [1.54, 1.807) is 0 Å². The molecule has 2 fully saturated rings. The standard InChI is InChI=1S/C24H26N4OS/c1-27-16-6-10-21(27)23-22(20-9-4-5-15-25-20)26-24(30)28(23)17-11-13-19(14-12-17)29-18-7-2-3-8-18/h4-6,9-16,18,22-23H,2-3,7-8H2,1H3,(H,26,30). The van der Waals surface area contributed by atoms with E-state index in [1.807, 2.05) is 18.3 Å². The molecule has 2 atom stereocenters. The third-order valence-electron chi connectivity index (χ3n) is 6.10. The molecule has 0 amide bonds. The summed E-state index contributed by atoms with van der Waals surface area (Å²) in [6.07, 6.45) is 9.11. The largest absolute Gasteiger partial charge is 0.490 e. The summed E-state index contributed by atoms with van der Waals surface area (Å²) in [5.74, 6) is 0.931. The maximum absolute atomic E-state index is 6.15. The first-order valence-corrected chi connectivity index (χ1v) is 11.0. The third kappa shape index (κ3) is 3.56. The van der Waals surface area contributed by atoms with E-state index in [0.717, 1.165) is 30.0 Å². The van der Waals surface area contributed by atoms with Crippen molar-refractivity contribution in [1.29, 1.82) is 0 Å². The minimum absolute atomic E-state index is 0.00833. The SMILES string of the molecule is Cn1cccc1C1C(c2ccccn2)NC(=S)N1c1ccc(OC2CCCC2)cc1. The molecule has 3 aromatic rings. The Bertz CT molecular complexity index is 1010. The van der Waals surface area contributed by atoms with Crippen molar-refractivity contribution in [1.82, 2.24) is 14.9 Å². The van der Waals surface area contributed by atoms with Gasteiger partial charge in [-0.3, -0.25) is 4.98 Å². The van der Waals surface area contributed by atoms with Crippen LogP contribution in [0.1, 0.15) is 49.2 Å². The quantitative estimate of drug-likeness (QED) is 0.596. The first-order valence-electron chi connectivity index (χ1n) is 10.6. The fourth-order valence-electron chi connectivity index (χ4n) is 4.60. The van der Waals surface area contributed by atoms with Crippen molar-refractivity contribution in [3.63, 3.8) is 0 Å². The monoisotopic (exact) mass is 418 g/mol. The average molecular weight is 419 g/mol. The Morgan fingerprint density at radius 3 is 2.50 bits per heavy atom. The Morgan fingerprint density at radius 1 is 1.03 bits per heavy atom. The molecule has 1 aliphatic heterocycles. The van der Waals surface area contributed by atoms with E-state index < -0.39 is 0 Å². The van der Waals surface area contributed by atoms with Gasteiger partial charge in [0.2, 0.25) is 0 Å². The van der Waals surface area contributed by atoms with Crippen molar-refractivity contribution in [2.45, 2.75) is 43.9 Å². The smallest absolute Gasteiger partial charge is 0.174 e. The van der Waals surface area contributed by atoms with Crippen LogP contribution in [0.25, 0.3) is 0 Å². The Hall–Kier alpha value is -2.86. The van der Waals surface area contributed by atoms with Crippen molar-refractivity contribution in [3.8, 4) is 5.75 Å². The number of aryl methyl sites for hydroxylation is 1. The van der Waals surface area contributed by atoms with Gasteiger partial charge < -0.3 is 19.5 Å². The van der Waals surface area contributed by atoms with Gasteiger partial charge in [-0.2, -0.15) is 0 Å². The minimum Gasteiger partial charge on any atom is -0.490 e. The van der Waals surface area contributed by atoms with Gasteiger partial charge in [0.1, 0.15) is 11.8 Å². The van der Waals surface area contributed by atoms with Gasteiger partial charge >= 0.3 is 0 Å². The highest BCUT2D eigenvalue weighted by atomic mass is 32.1. The van der Waals surface area contributed by atoms with Gasteiger partial charge in [-0.15, -0.1) is 0 Å². The normalized spacial score (nSPS) is 21.8. The van der Waals surface area contributed by atoms with E-state index in [9.17, 15) is 0 Å². The lowest BCUT2D eigenvalue weighted by Crippen LogP contribution is -2.30. The molecule has 3 heterocycles. The van der Waals surface area contributed by atoms with Crippen LogP contribution in [0.3, 0.4) is 0 Å². The molecule has 1 aliphatic carbocycles. The summed E-state index contributed by atoms with van der Waals surface area (Å²) >= 11 is 5.79. The summed E-state index contributed by atoms with van der Waals surface area (Å²) in [4.78, 5) is 6.80. The molecule has 2 aliphatic rings. The van der Waals surface area contributed by atoms with Gasteiger partial charge in [-0.25, -0.2) is 0 Å². The van der Waals surface area contributed by atoms with E-state index in [-0.39, 0.29) is 12.1 Å². The predicted octanol–water partition coefficient (Wildman–Crippen LogP) is 4.92. The molecule has 2 unspecified atom stereocenters. The molecule has 1 saturated carbocycles. The zero-order chi connectivity index (χ0) is 20.5. The number of hydrogen-bond donors (Lipinski definition) is 1. The second-order valence-electron chi connectivity index (χ2n) is 8.06. The zero-order valence-corrected chi connectivity index (χ0v) is 17.9. The molecule has 5 nitrogen and oxygen atoms in total. The van der Waals surface area contributed by atoms with Crippen molar-refractivity contribution in [2.24, 2.45) is 7.05 Å². The molecule has 0 bridgehead atoms. The fourth-order valence-corrected chi connectivity index (χ4v) is 4.94. The lowest BCUT2D eigenvalue weighted by atomic mass is 10.0. The Labute approximate surface area is 182 Å². The van der Waals surface area contributed by atoms with Gasteiger partial charge in [0.15, 0.2) is 5.11 Å². The Morgan fingerprint density at radius 2 is 1.83 bits per heavy atom. The molecule has 1 aromatic carbocycles. The van der Waals surface area contributed by atoms with Crippen LogP contribution in [0.4, 0.5) is 5.69 Å². The lowest BCUT2D eigenvalue weighted by molar-refractivity contribution is 0.210. The molecule has 30 heavy (non-hydrogen) atoms. The number of benzene rings is 1. The highest BCUT2D eigenvalue weighted by molar-refractivity contribution is 7.80. The zero-order valence-electron chi connectivity index (χ0n) is 17.1. The number of pyridine rings is 1. The van der Waals surface area contributed by atoms with Crippen LogP contribution in [-0.4, -0.2) is 20.8 Å². The number of rotatable bonds is 5. The van der Waals surface area contributed by atoms with Crippen LogP contribution in [0.2, 0.25) is 0 Å². The van der Waals surface area contributed by atoms with E-state index in [4.69, 9.17) is 17.0 Å². The third-order valence-corrected chi connectivity index (χ3v) is 6.42. The summed E-state index contributed by atoms with van der Waals surface area (Å²) in [5.41, 5.74) is 3.22. The van der Waals surface area contributed by atoms with Gasteiger partial charge in [0.05, 0.1) is 17.8 Å². The van der Waals surface area contributed by atoms with Crippen LogP contribution in [0, 0.1) is 0 Å². The maximum Gasteiger partial charge on any atom is 0.174 e. The second-order valence-corrected chi connectivity index (χ2v) is 8.45. The van der Waals surface area contributed by atoms with Crippen molar-refractivity contribution in [2.75, 3.05) is 4.90 Å². The van der Waals surface area contributed by atoms with Crippen LogP contribution in [-0.2, 0) is 7.05 Å². The number of aromatic nitrogens is 2. The van der Waals surface area contributed by atoms with Gasteiger partial charge in [0.25, 0.3) is 0 Å². The molecule has 5 rings (SSSR count). The molecule has 0 radical (unpaired) electrons. The molecule has 1 saturated heterocycles. The van der Waals surface area contributed by atoms with Crippen LogP contribution < -0.4 is 15.0 Å².